The number of methoxy groups -OCH3 is 1. The monoisotopic (exact) mass is 318 g/mol. The van der Waals surface area contributed by atoms with E-state index in [0.717, 1.165) is 17.6 Å². The maximum atomic E-state index is 5.61. The van der Waals surface area contributed by atoms with Gasteiger partial charge in [-0.2, -0.15) is 0 Å². The van der Waals surface area contributed by atoms with E-state index < -0.39 is 0 Å². The summed E-state index contributed by atoms with van der Waals surface area (Å²) in [6.45, 7) is 3.57. The lowest BCUT2D eigenvalue weighted by Crippen LogP contribution is -2.15. The molecule has 23 heavy (non-hydrogen) atoms. The van der Waals surface area contributed by atoms with Crippen molar-refractivity contribution < 1.29 is 9.47 Å². The van der Waals surface area contributed by atoms with Gasteiger partial charge in [0.1, 0.15) is 12.4 Å². The Morgan fingerprint density at radius 3 is 2.17 bits per heavy atom. The van der Waals surface area contributed by atoms with Crippen LogP contribution < -0.4 is 4.74 Å². The van der Waals surface area contributed by atoms with E-state index in [0.29, 0.717) is 13.2 Å². The normalized spacial score (nSPS) is 21.3. The van der Waals surface area contributed by atoms with E-state index in [-0.39, 0.29) is 0 Å². The first-order valence-corrected chi connectivity index (χ1v) is 9.52. The predicted molar refractivity (Wildman–Crippen MR) is 97.1 cm³/mol. The molecule has 2 rings (SSSR count). The molecule has 0 spiro atoms. The third kappa shape index (κ3) is 6.95. The lowest BCUT2D eigenvalue weighted by Gasteiger charge is -2.28. The Balaban J connectivity index is 1.64. The fraction of sp³-hybridized carbons (Fsp3) is 0.714. The Hall–Kier alpha value is -1.02. The van der Waals surface area contributed by atoms with Crippen LogP contribution in [0, 0.1) is 11.8 Å². The van der Waals surface area contributed by atoms with Crippen molar-refractivity contribution in [3.8, 4) is 5.75 Å². The van der Waals surface area contributed by atoms with Crippen molar-refractivity contribution >= 4 is 0 Å². The van der Waals surface area contributed by atoms with Gasteiger partial charge in [-0.15, -0.1) is 0 Å². The summed E-state index contributed by atoms with van der Waals surface area (Å²) in [4.78, 5) is 0. The highest BCUT2D eigenvalue weighted by atomic mass is 16.5. The Morgan fingerprint density at radius 2 is 1.57 bits per heavy atom. The molecule has 0 amide bonds. The summed E-state index contributed by atoms with van der Waals surface area (Å²) < 4.78 is 10.6. The number of benzene rings is 1. The zero-order chi connectivity index (χ0) is 16.3. The molecule has 2 nitrogen and oxygen atoms in total. The second kappa shape index (κ2) is 10.7. The summed E-state index contributed by atoms with van der Waals surface area (Å²) in [6.07, 6.45) is 12.6. The quantitative estimate of drug-likeness (QED) is 0.520. The van der Waals surface area contributed by atoms with E-state index in [2.05, 4.69) is 31.2 Å². The molecule has 1 aliphatic carbocycles. The molecule has 0 bridgehead atoms. The molecule has 1 aliphatic rings. The molecule has 0 heterocycles. The first kappa shape index (κ1) is 18.3. The molecule has 0 aromatic heterocycles. The van der Waals surface area contributed by atoms with Gasteiger partial charge >= 0.3 is 0 Å². The van der Waals surface area contributed by atoms with E-state index in [4.69, 9.17) is 9.47 Å². The van der Waals surface area contributed by atoms with Gasteiger partial charge in [0.2, 0.25) is 0 Å². The fourth-order valence-electron chi connectivity index (χ4n) is 3.67. The average Bonchev–Trinajstić information content (AvgIpc) is 2.60. The summed E-state index contributed by atoms with van der Waals surface area (Å²) in [7, 11) is 1.70. The van der Waals surface area contributed by atoms with Crippen LogP contribution in [0.15, 0.2) is 24.3 Å². The van der Waals surface area contributed by atoms with Gasteiger partial charge in [0, 0.05) is 7.11 Å². The van der Waals surface area contributed by atoms with E-state index in [9.17, 15) is 0 Å². The van der Waals surface area contributed by atoms with Gasteiger partial charge in [-0.1, -0.05) is 64.0 Å². The van der Waals surface area contributed by atoms with Gasteiger partial charge in [0.15, 0.2) is 0 Å². The van der Waals surface area contributed by atoms with E-state index >= 15 is 0 Å². The van der Waals surface area contributed by atoms with Crippen LogP contribution in [0.3, 0.4) is 0 Å². The molecule has 0 aliphatic heterocycles. The minimum atomic E-state index is 0.622. The Kier molecular flexibility index (Phi) is 8.52. The van der Waals surface area contributed by atoms with E-state index in [1.165, 1.54) is 63.4 Å². The fourth-order valence-corrected chi connectivity index (χ4v) is 3.67. The van der Waals surface area contributed by atoms with Crippen molar-refractivity contribution in [3.05, 3.63) is 29.8 Å². The van der Waals surface area contributed by atoms with Crippen LogP contribution >= 0.6 is 0 Å². The highest BCUT2D eigenvalue weighted by molar-refractivity contribution is 5.27. The topological polar surface area (TPSA) is 18.5 Å². The molecule has 0 radical (unpaired) electrons. The second-order valence-corrected chi connectivity index (χ2v) is 7.05. The number of ether oxygens (including phenoxy) is 2. The van der Waals surface area contributed by atoms with Gasteiger partial charge < -0.3 is 9.47 Å². The molecule has 1 fully saturated rings. The van der Waals surface area contributed by atoms with Crippen molar-refractivity contribution in [1.29, 1.82) is 0 Å². The third-order valence-electron chi connectivity index (χ3n) is 5.25. The molecule has 0 unspecified atom stereocenters. The second-order valence-electron chi connectivity index (χ2n) is 7.05. The zero-order valence-electron chi connectivity index (χ0n) is 15.1. The largest absolute Gasteiger partial charge is 0.491 e. The molecule has 1 aromatic carbocycles. The molecule has 1 aromatic rings. The zero-order valence-corrected chi connectivity index (χ0v) is 15.1. The molecule has 0 saturated heterocycles. The van der Waals surface area contributed by atoms with Gasteiger partial charge in [-0.3, -0.25) is 0 Å². The first-order valence-electron chi connectivity index (χ1n) is 9.52. The Morgan fingerprint density at radius 1 is 0.913 bits per heavy atom. The Bertz CT molecular complexity index is 404. The average molecular weight is 319 g/mol. The third-order valence-corrected chi connectivity index (χ3v) is 5.25. The predicted octanol–water partition coefficient (Wildman–Crippen LogP) is 5.64. The lowest BCUT2D eigenvalue weighted by atomic mass is 9.78. The molecule has 0 atom stereocenters. The summed E-state index contributed by atoms with van der Waals surface area (Å²) in [5.41, 5.74) is 1.44. The molecular weight excluding hydrogens is 284 g/mol. The number of hydrogen-bond acceptors (Lipinski definition) is 2. The van der Waals surface area contributed by atoms with E-state index in [1.54, 1.807) is 7.11 Å². The SMILES string of the molecule is CCCCC1CCC(CCc2ccc(OCCOC)cc2)CC1. The van der Waals surface area contributed by atoms with Crippen LogP contribution in [-0.4, -0.2) is 20.3 Å². The van der Waals surface area contributed by atoms with Crippen molar-refractivity contribution in [2.24, 2.45) is 11.8 Å². The maximum absolute atomic E-state index is 5.61. The molecule has 1 saturated carbocycles. The van der Waals surface area contributed by atoms with Gasteiger partial charge in [-0.05, 0) is 42.4 Å². The molecule has 0 N–H and O–H groups in total. The van der Waals surface area contributed by atoms with Gasteiger partial charge in [0.05, 0.1) is 6.61 Å². The van der Waals surface area contributed by atoms with Gasteiger partial charge in [-0.25, -0.2) is 0 Å². The first-order chi connectivity index (χ1) is 11.3. The number of aryl methyl sites for hydroxylation is 1. The smallest absolute Gasteiger partial charge is 0.119 e. The summed E-state index contributed by atoms with van der Waals surface area (Å²) in [6, 6.07) is 8.61. The van der Waals surface area contributed by atoms with Crippen molar-refractivity contribution in [1.82, 2.24) is 0 Å². The minimum absolute atomic E-state index is 0.622. The van der Waals surface area contributed by atoms with Crippen LogP contribution in [0.4, 0.5) is 0 Å². The summed E-state index contributed by atoms with van der Waals surface area (Å²) in [5.74, 6) is 2.92. The molecule has 2 heteroatoms. The van der Waals surface area contributed by atoms with Crippen LogP contribution in [0.1, 0.15) is 63.9 Å². The van der Waals surface area contributed by atoms with Crippen LogP contribution in [0.25, 0.3) is 0 Å². The number of hydrogen-bond donors (Lipinski definition) is 0. The van der Waals surface area contributed by atoms with Crippen molar-refractivity contribution in [2.75, 3.05) is 20.3 Å². The van der Waals surface area contributed by atoms with Crippen molar-refractivity contribution in [3.63, 3.8) is 0 Å². The molecule has 130 valence electrons. The highest BCUT2D eigenvalue weighted by Crippen LogP contribution is 2.34. The standard InChI is InChI=1S/C21H34O2/c1-3-4-5-18-6-8-19(9-7-18)10-11-20-12-14-21(15-13-20)23-17-16-22-2/h12-15,18-19H,3-11,16-17H2,1-2H3. The van der Waals surface area contributed by atoms with E-state index in [1.807, 2.05) is 0 Å². The van der Waals surface area contributed by atoms with Crippen LogP contribution in [-0.2, 0) is 11.2 Å². The van der Waals surface area contributed by atoms with Crippen molar-refractivity contribution in [2.45, 2.75) is 64.7 Å². The highest BCUT2D eigenvalue weighted by Gasteiger charge is 2.20. The lowest BCUT2D eigenvalue weighted by molar-refractivity contribution is 0.146. The van der Waals surface area contributed by atoms with Crippen LogP contribution in [0.5, 0.6) is 5.75 Å². The molecular formula is C21H34O2. The van der Waals surface area contributed by atoms with Gasteiger partial charge in [0.25, 0.3) is 0 Å². The van der Waals surface area contributed by atoms with Crippen LogP contribution in [0.2, 0.25) is 0 Å². The Labute approximate surface area is 142 Å². The maximum Gasteiger partial charge on any atom is 0.119 e. The summed E-state index contributed by atoms with van der Waals surface area (Å²) >= 11 is 0. The number of unbranched alkanes of at least 4 members (excludes halogenated alkanes) is 1. The minimum Gasteiger partial charge on any atom is -0.491 e. The summed E-state index contributed by atoms with van der Waals surface area (Å²) in [5, 5.41) is 0. The number of rotatable bonds is 10.